The minimum Gasteiger partial charge on any atom is -0.396 e. The molecule has 0 aromatic carbocycles. The summed E-state index contributed by atoms with van der Waals surface area (Å²) in [6.45, 7) is 0.232. The van der Waals surface area contributed by atoms with Crippen molar-refractivity contribution in [2.75, 3.05) is 23.9 Å². The van der Waals surface area contributed by atoms with Gasteiger partial charge in [-0.25, -0.2) is 0 Å². The Balaban J connectivity index is 1.85. The summed E-state index contributed by atoms with van der Waals surface area (Å²) < 4.78 is 5.20. The summed E-state index contributed by atoms with van der Waals surface area (Å²) in [7, 11) is 0. The third-order valence-corrected chi connectivity index (χ3v) is 5.14. The van der Waals surface area contributed by atoms with Gasteiger partial charge in [0.05, 0.1) is 5.25 Å². The molecule has 16 heavy (non-hydrogen) atoms. The number of aromatic nitrogens is 2. The molecule has 1 saturated heterocycles. The first kappa shape index (κ1) is 12.3. The number of hydrogen-bond donors (Lipinski definition) is 1. The zero-order valence-electron chi connectivity index (χ0n) is 9.09. The second kappa shape index (κ2) is 6.51. The summed E-state index contributed by atoms with van der Waals surface area (Å²) in [5, 5.41) is 13.1. The maximum atomic E-state index is 8.68. The highest BCUT2D eigenvalue weighted by atomic mass is 32.2. The second-order valence-electron chi connectivity index (χ2n) is 3.66. The molecule has 1 aliphatic rings. The van der Waals surface area contributed by atoms with Gasteiger partial charge in [0.1, 0.15) is 0 Å². The molecule has 6 heteroatoms. The number of nitrogens with zero attached hydrogens (tertiary/aromatic N) is 2. The van der Waals surface area contributed by atoms with Crippen LogP contribution in [0.25, 0.3) is 0 Å². The number of aliphatic hydroxyl groups excluding tert-OH is 1. The Hall–Kier alpha value is -0.200. The van der Waals surface area contributed by atoms with Crippen LogP contribution in [0.2, 0.25) is 0 Å². The van der Waals surface area contributed by atoms with E-state index in [1.807, 2.05) is 23.5 Å². The molecular formula is C10H16N2O2S2. The van der Waals surface area contributed by atoms with Gasteiger partial charge in [0.15, 0.2) is 5.82 Å². The lowest BCUT2D eigenvalue weighted by Gasteiger charge is -2.16. The van der Waals surface area contributed by atoms with Gasteiger partial charge in [-0.3, -0.25) is 0 Å². The van der Waals surface area contributed by atoms with Gasteiger partial charge < -0.3 is 9.63 Å². The molecule has 0 saturated carbocycles. The van der Waals surface area contributed by atoms with Gasteiger partial charge in [-0.05, 0) is 12.8 Å². The topological polar surface area (TPSA) is 59.2 Å². The van der Waals surface area contributed by atoms with Crippen molar-refractivity contribution in [3.8, 4) is 0 Å². The van der Waals surface area contributed by atoms with Gasteiger partial charge in [-0.15, -0.1) is 11.8 Å². The fourth-order valence-electron chi connectivity index (χ4n) is 1.53. The molecule has 0 spiro atoms. The van der Waals surface area contributed by atoms with Crippen LogP contribution in [-0.2, 0) is 6.42 Å². The van der Waals surface area contributed by atoms with Crippen LogP contribution in [0, 0.1) is 0 Å². The maximum absolute atomic E-state index is 8.68. The fourth-order valence-corrected chi connectivity index (χ4v) is 4.11. The Morgan fingerprint density at radius 1 is 1.38 bits per heavy atom. The first-order chi connectivity index (χ1) is 7.90. The van der Waals surface area contributed by atoms with Crippen molar-refractivity contribution in [3.63, 3.8) is 0 Å². The van der Waals surface area contributed by atoms with Crippen LogP contribution in [0.5, 0.6) is 0 Å². The quantitative estimate of drug-likeness (QED) is 0.816. The molecule has 0 aliphatic carbocycles. The highest BCUT2D eigenvalue weighted by Gasteiger charge is 2.21. The predicted octanol–water partition coefficient (Wildman–Crippen LogP) is 1.91. The first-order valence-corrected chi connectivity index (χ1v) is 7.73. The first-order valence-electron chi connectivity index (χ1n) is 5.53. The Bertz CT molecular complexity index is 314. The van der Waals surface area contributed by atoms with Crippen LogP contribution < -0.4 is 0 Å². The number of aryl methyl sites for hydroxylation is 1. The van der Waals surface area contributed by atoms with Crippen LogP contribution >= 0.6 is 23.5 Å². The predicted molar refractivity (Wildman–Crippen MR) is 66.8 cm³/mol. The smallest absolute Gasteiger partial charge is 0.226 e. The summed E-state index contributed by atoms with van der Waals surface area (Å²) in [6.07, 6.45) is 2.48. The van der Waals surface area contributed by atoms with Gasteiger partial charge in [0, 0.05) is 30.3 Å². The van der Waals surface area contributed by atoms with Crippen LogP contribution in [0.3, 0.4) is 0 Å². The van der Waals surface area contributed by atoms with Crippen molar-refractivity contribution in [1.29, 1.82) is 0 Å². The van der Waals surface area contributed by atoms with Gasteiger partial charge in [0.2, 0.25) is 5.89 Å². The zero-order chi connectivity index (χ0) is 11.2. The fraction of sp³-hybridized carbons (Fsp3) is 0.800. The standard InChI is InChI=1S/C10H16N2O2S2/c13-4-2-1-3-9-11-10(12-14-9)8-7-15-5-6-16-8/h8,13H,1-7H2. The summed E-state index contributed by atoms with van der Waals surface area (Å²) >= 11 is 3.87. The van der Waals surface area contributed by atoms with E-state index in [2.05, 4.69) is 10.1 Å². The molecule has 1 unspecified atom stereocenters. The lowest BCUT2D eigenvalue weighted by molar-refractivity contribution is 0.280. The number of aliphatic hydroxyl groups is 1. The highest BCUT2D eigenvalue weighted by Crippen LogP contribution is 2.35. The van der Waals surface area contributed by atoms with E-state index in [-0.39, 0.29) is 6.61 Å². The average Bonchev–Trinajstić information content (AvgIpc) is 2.79. The molecule has 0 radical (unpaired) electrons. The second-order valence-corrected chi connectivity index (χ2v) is 6.12. The molecule has 1 fully saturated rings. The monoisotopic (exact) mass is 260 g/mol. The van der Waals surface area contributed by atoms with Crippen LogP contribution in [0.4, 0.5) is 0 Å². The lowest BCUT2D eigenvalue weighted by atomic mass is 10.2. The van der Waals surface area contributed by atoms with E-state index in [1.54, 1.807) is 0 Å². The molecule has 0 amide bonds. The van der Waals surface area contributed by atoms with E-state index in [0.29, 0.717) is 11.1 Å². The van der Waals surface area contributed by atoms with Crippen LogP contribution in [0.1, 0.15) is 29.8 Å². The number of unbranched alkanes of at least 4 members (excludes halogenated alkanes) is 1. The summed E-state index contributed by atoms with van der Waals surface area (Å²) in [5.41, 5.74) is 0. The van der Waals surface area contributed by atoms with Crippen molar-refractivity contribution < 1.29 is 9.63 Å². The van der Waals surface area contributed by atoms with Gasteiger partial charge in [-0.1, -0.05) is 5.16 Å². The Labute approximate surface area is 104 Å². The van der Waals surface area contributed by atoms with E-state index in [4.69, 9.17) is 9.63 Å². The third kappa shape index (κ3) is 3.40. The SMILES string of the molecule is OCCCCc1nc(C2CSCCS2)no1. The van der Waals surface area contributed by atoms with E-state index in [0.717, 1.165) is 30.8 Å². The van der Waals surface area contributed by atoms with Gasteiger partial charge in [0.25, 0.3) is 0 Å². The Morgan fingerprint density at radius 3 is 3.06 bits per heavy atom. The lowest BCUT2D eigenvalue weighted by Crippen LogP contribution is -2.08. The van der Waals surface area contributed by atoms with E-state index in [1.165, 1.54) is 11.5 Å². The average molecular weight is 260 g/mol. The number of rotatable bonds is 5. The molecule has 90 valence electrons. The number of thioether (sulfide) groups is 2. The third-order valence-electron chi connectivity index (χ3n) is 2.39. The molecule has 4 nitrogen and oxygen atoms in total. The molecule has 1 N–H and O–H groups in total. The largest absolute Gasteiger partial charge is 0.396 e. The minimum atomic E-state index is 0.232. The Morgan fingerprint density at radius 2 is 2.31 bits per heavy atom. The molecule has 1 aromatic heterocycles. The molecule has 2 heterocycles. The van der Waals surface area contributed by atoms with Crippen molar-refractivity contribution in [3.05, 3.63) is 11.7 Å². The summed E-state index contributed by atoms with van der Waals surface area (Å²) in [4.78, 5) is 4.41. The van der Waals surface area contributed by atoms with Crippen molar-refractivity contribution in [2.45, 2.75) is 24.5 Å². The normalized spacial score (nSPS) is 21.2. The van der Waals surface area contributed by atoms with E-state index >= 15 is 0 Å². The van der Waals surface area contributed by atoms with Gasteiger partial charge in [-0.2, -0.15) is 16.7 Å². The summed E-state index contributed by atoms with van der Waals surface area (Å²) in [6, 6.07) is 0. The van der Waals surface area contributed by atoms with Crippen molar-refractivity contribution in [2.24, 2.45) is 0 Å². The van der Waals surface area contributed by atoms with E-state index in [9.17, 15) is 0 Å². The molecule has 0 bridgehead atoms. The highest BCUT2D eigenvalue weighted by molar-refractivity contribution is 8.06. The van der Waals surface area contributed by atoms with Crippen LogP contribution in [-0.4, -0.2) is 39.1 Å². The molecule has 1 atom stereocenters. The molecule has 2 rings (SSSR count). The molecular weight excluding hydrogens is 244 g/mol. The Kier molecular flexibility index (Phi) is 4.99. The molecule has 1 aromatic rings. The zero-order valence-corrected chi connectivity index (χ0v) is 10.7. The molecule has 1 aliphatic heterocycles. The van der Waals surface area contributed by atoms with Crippen molar-refractivity contribution in [1.82, 2.24) is 10.1 Å². The van der Waals surface area contributed by atoms with Crippen LogP contribution in [0.15, 0.2) is 4.52 Å². The van der Waals surface area contributed by atoms with Crippen molar-refractivity contribution >= 4 is 23.5 Å². The van der Waals surface area contributed by atoms with Gasteiger partial charge >= 0.3 is 0 Å². The summed E-state index contributed by atoms with van der Waals surface area (Å²) in [5.74, 6) is 5.03. The maximum Gasteiger partial charge on any atom is 0.226 e. The van der Waals surface area contributed by atoms with E-state index < -0.39 is 0 Å². The minimum absolute atomic E-state index is 0.232. The number of hydrogen-bond acceptors (Lipinski definition) is 6.